The van der Waals surface area contributed by atoms with Gasteiger partial charge >= 0.3 is 0 Å². The van der Waals surface area contributed by atoms with Crippen LogP contribution in [0.5, 0.6) is 0 Å². The van der Waals surface area contributed by atoms with E-state index in [1.807, 2.05) is 0 Å². The van der Waals surface area contributed by atoms with Gasteiger partial charge in [-0.3, -0.25) is 0 Å². The third-order valence-electron chi connectivity index (χ3n) is 4.77. The summed E-state index contributed by atoms with van der Waals surface area (Å²) in [6.45, 7) is 11.0. The van der Waals surface area contributed by atoms with Crippen LogP contribution in [0, 0.1) is 17.3 Å². The molecule has 1 heteroatoms. The van der Waals surface area contributed by atoms with Crippen LogP contribution >= 0.6 is 0 Å². The number of hydrogen-bond acceptors (Lipinski definition) is 1. The average molecular weight is 220 g/mol. The average Bonchev–Trinajstić information content (AvgIpc) is 2.72. The van der Waals surface area contributed by atoms with Crippen LogP contribution in [0.15, 0.2) is 23.8 Å². The van der Waals surface area contributed by atoms with Crippen LogP contribution in [-0.4, -0.2) is 11.2 Å². The van der Waals surface area contributed by atoms with Crippen molar-refractivity contribution in [2.24, 2.45) is 17.3 Å². The van der Waals surface area contributed by atoms with E-state index in [2.05, 4.69) is 33.4 Å². The Kier molecular flexibility index (Phi) is 3.00. The van der Waals surface area contributed by atoms with Crippen molar-refractivity contribution >= 4 is 0 Å². The zero-order valence-electron chi connectivity index (χ0n) is 10.8. The minimum absolute atomic E-state index is 0.326. The van der Waals surface area contributed by atoms with Gasteiger partial charge in [-0.1, -0.05) is 32.1 Å². The number of aliphatic hydroxyl groups excluding tert-OH is 1. The van der Waals surface area contributed by atoms with Gasteiger partial charge < -0.3 is 5.11 Å². The summed E-state index contributed by atoms with van der Waals surface area (Å²) in [6.07, 6.45) is 6.05. The lowest BCUT2D eigenvalue weighted by Crippen LogP contribution is -2.09. The molecule has 1 unspecified atom stereocenters. The van der Waals surface area contributed by atoms with Gasteiger partial charge in [0.25, 0.3) is 0 Å². The van der Waals surface area contributed by atoms with Gasteiger partial charge in [-0.15, -0.1) is 0 Å². The molecule has 90 valence electrons. The van der Waals surface area contributed by atoms with Crippen molar-refractivity contribution in [3.63, 3.8) is 0 Å². The second-order valence-corrected chi connectivity index (χ2v) is 6.24. The molecule has 0 spiro atoms. The minimum atomic E-state index is -0.326. The first-order chi connectivity index (χ1) is 7.43. The fraction of sp³-hybridized carbons (Fsp3) is 0.733. The Balaban J connectivity index is 2.12. The number of fused-ring (bicyclic) bond motifs is 1. The molecule has 0 radical (unpaired) electrons. The topological polar surface area (TPSA) is 20.2 Å². The van der Waals surface area contributed by atoms with Crippen molar-refractivity contribution in [2.75, 3.05) is 0 Å². The van der Waals surface area contributed by atoms with Crippen LogP contribution in [0.4, 0.5) is 0 Å². The summed E-state index contributed by atoms with van der Waals surface area (Å²) < 4.78 is 0. The molecule has 1 saturated carbocycles. The second-order valence-electron chi connectivity index (χ2n) is 6.24. The molecule has 2 aliphatic rings. The Morgan fingerprint density at radius 1 is 1.38 bits per heavy atom. The monoisotopic (exact) mass is 220 g/mol. The van der Waals surface area contributed by atoms with Crippen LogP contribution in [0.25, 0.3) is 0 Å². The first-order valence-electron chi connectivity index (χ1n) is 6.44. The van der Waals surface area contributed by atoms with Crippen molar-refractivity contribution in [3.05, 3.63) is 23.8 Å². The molecule has 0 aliphatic heterocycles. The fourth-order valence-corrected chi connectivity index (χ4v) is 3.25. The van der Waals surface area contributed by atoms with Gasteiger partial charge in [0.1, 0.15) is 0 Å². The Morgan fingerprint density at radius 2 is 2.06 bits per heavy atom. The van der Waals surface area contributed by atoms with E-state index in [0.29, 0.717) is 5.41 Å². The largest absolute Gasteiger partial charge is 0.388 e. The highest BCUT2D eigenvalue weighted by Crippen LogP contribution is 2.63. The molecule has 1 fully saturated rings. The molecule has 0 aromatic rings. The molecule has 3 atom stereocenters. The van der Waals surface area contributed by atoms with Crippen molar-refractivity contribution in [1.82, 2.24) is 0 Å². The first-order valence-corrected chi connectivity index (χ1v) is 6.44. The molecular formula is C15H24O. The van der Waals surface area contributed by atoms with Crippen molar-refractivity contribution < 1.29 is 5.11 Å². The Bertz CT molecular complexity index is 324. The number of aliphatic hydroxyl groups is 1. The van der Waals surface area contributed by atoms with Crippen LogP contribution in [-0.2, 0) is 0 Å². The normalized spacial score (nSPS) is 41.9. The van der Waals surface area contributed by atoms with Crippen LogP contribution in [0.1, 0.15) is 46.5 Å². The maximum atomic E-state index is 9.90. The van der Waals surface area contributed by atoms with Crippen LogP contribution < -0.4 is 0 Å². The van der Waals surface area contributed by atoms with Gasteiger partial charge in [0.05, 0.1) is 6.10 Å². The lowest BCUT2D eigenvalue weighted by Gasteiger charge is -2.14. The predicted octanol–water partition coefficient (Wildman–Crippen LogP) is 3.70. The van der Waals surface area contributed by atoms with Crippen LogP contribution in [0.2, 0.25) is 0 Å². The summed E-state index contributed by atoms with van der Waals surface area (Å²) in [7, 11) is 0. The first kappa shape index (κ1) is 11.9. The molecule has 0 aromatic heterocycles. The highest BCUT2D eigenvalue weighted by Gasteiger charge is 2.56. The fourth-order valence-electron chi connectivity index (χ4n) is 3.25. The van der Waals surface area contributed by atoms with E-state index in [1.54, 1.807) is 0 Å². The quantitative estimate of drug-likeness (QED) is 0.617. The molecule has 2 aliphatic carbocycles. The number of hydrogen-bond donors (Lipinski definition) is 1. The van der Waals surface area contributed by atoms with Gasteiger partial charge in [-0.25, -0.2) is 0 Å². The van der Waals surface area contributed by atoms with E-state index in [9.17, 15) is 5.11 Å². The third-order valence-corrected chi connectivity index (χ3v) is 4.77. The summed E-state index contributed by atoms with van der Waals surface area (Å²) in [4.78, 5) is 0. The molecule has 0 heterocycles. The summed E-state index contributed by atoms with van der Waals surface area (Å²) >= 11 is 0. The summed E-state index contributed by atoms with van der Waals surface area (Å²) in [5.74, 6) is 1.68. The van der Waals surface area contributed by atoms with Crippen molar-refractivity contribution in [1.29, 1.82) is 0 Å². The van der Waals surface area contributed by atoms with E-state index in [-0.39, 0.29) is 6.10 Å². The van der Waals surface area contributed by atoms with E-state index in [1.165, 1.54) is 18.4 Å². The molecule has 2 rings (SSSR count). The summed E-state index contributed by atoms with van der Waals surface area (Å²) in [5.41, 5.74) is 2.96. The molecule has 0 saturated heterocycles. The van der Waals surface area contributed by atoms with E-state index >= 15 is 0 Å². The standard InChI is InChI=1S/C15H24O/c1-10-5-8-14(16)11(2)6-7-12-13(9-10)15(12,3)4/h5,12-14,16H,2,6-9H2,1,3-4H3/b10-5-/t12-,13+,14?/m0/s1. The van der Waals surface area contributed by atoms with Gasteiger partial charge in [0, 0.05) is 0 Å². The summed E-state index contributed by atoms with van der Waals surface area (Å²) in [6, 6.07) is 0. The molecular weight excluding hydrogens is 196 g/mol. The second kappa shape index (κ2) is 4.03. The molecule has 0 amide bonds. The highest BCUT2D eigenvalue weighted by atomic mass is 16.3. The smallest absolute Gasteiger partial charge is 0.0782 e. The zero-order chi connectivity index (χ0) is 11.9. The molecule has 1 N–H and O–H groups in total. The SMILES string of the molecule is C=C1CC[C@H]2[C@@H](C/C(C)=C\CC1O)C2(C)C. The van der Waals surface area contributed by atoms with E-state index in [0.717, 1.165) is 30.3 Å². The summed E-state index contributed by atoms with van der Waals surface area (Å²) in [5, 5.41) is 9.90. The predicted molar refractivity (Wildman–Crippen MR) is 68.1 cm³/mol. The molecule has 16 heavy (non-hydrogen) atoms. The zero-order valence-corrected chi connectivity index (χ0v) is 10.8. The Labute approximate surface area is 99.3 Å². The third kappa shape index (κ3) is 2.10. The van der Waals surface area contributed by atoms with Gasteiger partial charge in [-0.2, -0.15) is 0 Å². The van der Waals surface area contributed by atoms with E-state index < -0.39 is 0 Å². The van der Waals surface area contributed by atoms with Crippen molar-refractivity contribution in [2.45, 2.75) is 52.6 Å². The van der Waals surface area contributed by atoms with Crippen molar-refractivity contribution in [3.8, 4) is 0 Å². The lowest BCUT2D eigenvalue weighted by atomic mass is 9.97. The molecule has 0 bridgehead atoms. The molecule has 0 aromatic carbocycles. The Morgan fingerprint density at radius 3 is 2.75 bits per heavy atom. The highest BCUT2D eigenvalue weighted by molar-refractivity contribution is 5.16. The maximum absolute atomic E-state index is 9.90. The number of allylic oxidation sites excluding steroid dienone is 1. The van der Waals surface area contributed by atoms with Gasteiger partial charge in [-0.05, 0) is 55.4 Å². The Hall–Kier alpha value is -0.560. The van der Waals surface area contributed by atoms with E-state index in [4.69, 9.17) is 0 Å². The van der Waals surface area contributed by atoms with Gasteiger partial charge in [0.15, 0.2) is 0 Å². The number of rotatable bonds is 0. The van der Waals surface area contributed by atoms with Gasteiger partial charge in [0.2, 0.25) is 0 Å². The minimum Gasteiger partial charge on any atom is -0.388 e. The molecule has 1 nitrogen and oxygen atoms in total. The lowest BCUT2D eigenvalue weighted by molar-refractivity contribution is 0.208. The maximum Gasteiger partial charge on any atom is 0.0782 e. The van der Waals surface area contributed by atoms with Crippen LogP contribution in [0.3, 0.4) is 0 Å².